The predicted molar refractivity (Wildman–Crippen MR) is 100.0 cm³/mol. The maximum absolute atomic E-state index is 13.2. The quantitative estimate of drug-likeness (QED) is 0.681. The molecule has 1 heterocycles. The van der Waals surface area contributed by atoms with Crippen LogP contribution in [0.5, 0.6) is 5.75 Å². The highest BCUT2D eigenvalue weighted by atomic mass is 32.2. The minimum absolute atomic E-state index is 0.0645. The highest BCUT2D eigenvalue weighted by Crippen LogP contribution is 2.33. The molecule has 0 aliphatic heterocycles. The second-order valence-electron chi connectivity index (χ2n) is 5.92. The van der Waals surface area contributed by atoms with Crippen LogP contribution in [0.4, 0.5) is 5.69 Å². The number of nitrogens with zero attached hydrogens (tertiary/aromatic N) is 2. The summed E-state index contributed by atoms with van der Waals surface area (Å²) in [5, 5.41) is 0. The second kappa shape index (κ2) is 6.84. The Bertz CT molecular complexity index is 1020. The van der Waals surface area contributed by atoms with Gasteiger partial charge in [0, 0.05) is 19.5 Å². The van der Waals surface area contributed by atoms with Crippen molar-refractivity contribution in [1.82, 2.24) is 4.98 Å². The molecule has 2 aromatic carbocycles. The van der Waals surface area contributed by atoms with Crippen LogP contribution in [0, 0.1) is 13.8 Å². The first-order valence-corrected chi connectivity index (χ1v) is 9.43. The molecule has 0 aliphatic carbocycles. The molecule has 0 N–H and O–H groups in total. The number of anilines is 1. The largest absolute Gasteiger partial charge is 0.495 e. The van der Waals surface area contributed by atoms with Crippen LogP contribution in [0.1, 0.15) is 11.5 Å². The van der Waals surface area contributed by atoms with Crippen molar-refractivity contribution in [3.8, 4) is 17.1 Å². The summed E-state index contributed by atoms with van der Waals surface area (Å²) in [6, 6.07) is 12.2. The van der Waals surface area contributed by atoms with Crippen LogP contribution >= 0.6 is 0 Å². The molecule has 0 atom stereocenters. The van der Waals surface area contributed by atoms with Gasteiger partial charge in [0.2, 0.25) is 0 Å². The van der Waals surface area contributed by atoms with E-state index in [1.165, 1.54) is 18.5 Å². The van der Waals surface area contributed by atoms with E-state index >= 15 is 0 Å². The van der Waals surface area contributed by atoms with Crippen LogP contribution in [0.15, 0.2) is 58.0 Å². The summed E-state index contributed by atoms with van der Waals surface area (Å²) in [5.74, 6) is 1.28. The summed E-state index contributed by atoms with van der Waals surface area (Å²) in [6.07, 6.45) is 1.57. The zero-order valence-electron chi connectivity index (χ0n) is 15.1. The molecular formula is C19H20N2O4S. The first-order valence-electron chi connectivity index (χ1n) is 7.99. The van der Waals surface area contributed by atoms with Crippen molar-refractivity contribution >= 4 is 15.7 Å². The van der Waals surface area contributed by atoms with Crippen LogP contribution < -0.4 is 9.04 Å². The number of methoxy groups -OCH3 is 1. The Morgan fingerprint density at radius 2 is 1.77 bits per heavy atom. The van der Waals surface area contributed by atoms with Gasteiger partial charge in [0.1, 0.15) is 10.6 Å². The Kier molecular flexibility index (Phi) is 4.73. The molecule has 26 heavy (non-hydrogen) atoms. The monoisotopic (exact) mass is 372 g/mol. The standard InChI is InChI=1S/C19H20N2O4S/c1-13-5-8-16(9-6-13)21(3)26(22,23)19-11-15(7-10-17(19)24-4)18-12-20-14(2)25-18/h5-12H,1-4H3. The van der Waals surface area contributed by atoms with Crippen molar-refractivity contribution in [3.05, 3.63) is 60.1 Å². The van der Waals surface area contributed by atoms with Crippen LogP contribution in [0.2, 0.25) is 0 Å². The smallest absolute Gasteiger partial charge is 0.267 e. The average molecular weight is 372 g/mol. The molecular weight excluding hydrogens is 352 g/mol. The van der Waals surface area contributed by atoms with Gasteiger partial charge in [-0.15, -0.1) is 0 Å². The van der Waals surface area contributed by atoms with E-state index in [2.05, 4.69) is 4.98 Å². The number of hydrogen-bond donors (Lipinski definition) is 0. The van der Waals surface area contributed by atoms with E-state index < -0.39 is 10.0 Å². The van der Waals surface area contributed by atoms with Gasteiger partial charge in [-0.2, -0.15) is 0 Å². The van der Waals surface area contributed by atoms with Gasteiger partial charge in [-0.1, -0.05) is 17.7 Å². The van der Waals surface area contributed by atoms with E-state index in [4.69, 9.17) is 9.15 Å². The van der Waals surface area contributed by atoms with Crippen molar-refractivity contribution < 1.29 is 17.6 Å². The maximum atomic E-state index is 13.2. The van der Waals surface area contributed by atoms with Crippen LogP contribution in [0.3, 0.4) is 0 Å². The molecule has 0 saturated heterocycles. The zero-order valence-corrected chi connectivity index (χ0v) is 15.9. The molecule has 3 aromatic rings. The Balaban J connectivity index is 2.09. The molecule has 7 heteroatoms. The van der Waals surface area contributed by atoms with E-state index in [-0.39, 0.29) is 10.6 Å². The second-order valence-corrected chi connectivity index (χ2v) is 7.85. The first-order chi connectivity index (χ1) is 12.3. The Labute approximate surface area is 153 Å². The Hall–Kier alpha value is -2.80. The van der Waals surface area contributed by atoms with Gasteiger partial charge in [0.05, 0.1) is 19.0 Å². The van der Waals surface area contributed by atoms with Crippen LogP contribution in [0.25, 0.3) is 11.3 Å². The average Bonchev–Trinajstić information content (AvgIpc) is 3.07. The van der Waals surface area contributed by atoms with E-state index in [1.54, 1.807) is 43.5 Å². The molecule has 3 rings (SSSR count). The van der Waals surface area contributed by atoms with Crippen LogP contribution in [-0.2, 0) is 10.0 Å². The lowest BCUT2D eigenvalue weighted by Gasteiger charge is -2.21. The van der Waals surface area contributed by atoms with Gasteiger partial charge < -0.3 is 9.15 Å². The van der Waals surface area contributed by atoms with E-state index in [0.717, 1.165) is 5.56 Å². The Morgan fingerprint density at radius 3 is 2.35 bits per heavy atom. The van der Waals surface area contributed by atoms with Crippen LogP contribution in [-0.4, -0.2) is 27.6 Å². The minimum atomic E-state index is -3.83. The third kappa shape index (κ3) is 3.30. The normalized spacial score (nSPS) is 11.4. The summed E-state index contributed by atoms with van der Waals surface area (Å²) in [7, 11) is -0.864. The number of hydrogen-bond acceptors (Lipinski definition) is 5. The third-order valence-corrected chi connectivity index (χ3v) is 5.91. The fourth-order valence-corrected chi connectivity index (χ4v) is 3.94. The SMILES string of the molecule is COc1ccc(-c2cnc(C)o2)cc1S(=O)(=O)N(C)c1ccc(C)cc1. The lowest BCUT2D eigenvalue weighted by molar-refractivity contribution is 0.402. The van der Waals surface area contributed by atoms with Gasteiger partial charge >= 0.3 is 0 Å². The molecule has 0 fully saturated rings. The molecule has 0 bridgehead atoms. The summed E-state index contributed by atoms with van der Waals surface area (Å²) < 4.78 is 38.4. The molecule has 0 spiro atoms. The van der Waals surface area contributed by atoms with Crippen molar-refractivity contribution in [2.45, 2.75) is 18.7 Å². The first kappa shape index (κ1) is 18.0. The number of sulfonamides is 1. The Morgan fingerprint density at radius 1 is 1.08 bits per heavy atom. The third-order valence-electron chi connectivity index (χ3n) is 4.11. The topological polar surface area (TPSA) is 72.6 Å². The summed E-state index contributed by atoms with van der Waals surface area (Å²) in [4.78, 5) is 4.13. The molecule has 136 valence electrons. The lowest BCUT2D eigenvalue weighted by atomic mass is 10.2. The van der Waals surface area contributed by atoms with Gasteiger partial charge in [-0.05, 0) is 37.3 Å². The molecule has 0 amide bonds. The molecule has 0 saturated carbocycles. The molecule has 1 aromatic heterocycles. The highest BCUT2D eigenvalue weighted by molar-refractivity contribution is 7.93. The molecule has 0 unspecified atom stereocenters. The van der Waals surface area contributed by atoms with Crippen molar-refractivity contribution in [2.24, 2.45) is 0 Å². The number of aryl methyl sites for hydroxylation is 2. The lowest BCUT2D eigenvalue weighted by Crippen LogP contribution is -2.27. The van der Waals surface area contributed by atoms with Gasteiger partial charge in [0.15, 0.2) is 11.7 Å². The van der Waals surface area contributed by atoms with E-state index in [0.29, 0.717) is 22.9 Å². The fourth-order valence-electron chi connectivity index (χ4n) is 2.57. The summed E-state index contributed by atoms with van der Waals surface area (Å²) in [6.45, 7) is 3.68. The number of oxazole rings is 1. The van der Waals surface area contributed by atoms with Gasteiger partial charge in [0.25, 0.3) is 10.0 Å². The summed E-state index contributed by atoms with van der Waals surface area (Å²) >= 11 is 0. The van der Waals surface area contributed by atoms with Gasteiger partial charge in [-0.3, -0.25) is 4.31 Å². The molecule has 6 nitrogen and oxygen atoms in total. The molecule has 0 aliphatic rings. The highest BCUT2D eigenvalue weighted by Gasteiger charge is 2.26. The predicted octanol–water partition coefficient (Wildman–Crippen LogP) is 3.79. The van der Waals surface area contributed by atoms with E-state index in [9.17, 15) is 8.42 Å². The van der Waals surface area contributed by atoms with Crippen molar-refractivity contribution in [3.63, 3.8) is 0 Å². The van der Waals surface area contributed by atoms with Gasteiger partial charge in [-0.25, -0.2) is 13.4 Å². The maximum Gasteiger partial charge on any atom is 0.267 e. The minimum Gasteiger partial charge on any atom is -0.495 e. The summed E-state index contributed by atoms with van der Waals surface area (Å²) in [5.41, 5.74) is 2.24. The van der Waals surface area contributed by atoms with Crippen molar-refractivity contribution in [1.29, 1.82) is 0 Å². The zero-order chi connectivity index (χ0) is 18.9. The van der Waals surface area contributed by atoms with Crippen molar-refractivity contribution in [2.75, 3.05) is 18.5 Å². The number of aromatic nitrogens is 1. The number of rotatable bonds is 5. The number of benzene rings is 2. The number of ether oxygens (including phenoxy) is 1. The molecule has 0 radical (unpaired) electrons. The van der Waals surface area contributed by atoms with E-state index in [1.807, 2.05) is 19.1 Å². The fraction of sp³-hybridized carbons (Fsp3) is 0.211.